The zero-order chi connectivity index (χ0) is 22.7. The highest BCUT2D eigenvalue weighted by atomic mass is 35.5. The molecule has 1 aromatic carbocycles. The van der Waals surface area contributed by atoms with Gasteiger partial charge in [-0.25, -0.2) is 17.8 Å². The number of pyridine rings is 1. The van der Waals surface area contributed by atoms with Crippen LogP contribution in [0.15, 0.2) is 48.9 Å². The van der Waals surface area contributed by atoms with E-state index < -0.39 is 22.5 Å². The first kappa shape index (κ1) is 22.6. The molecule has 0 aliphatic carbocycles. The van der Waals surface area contributed by atoms with Crippen molar-refractivity contribution in [3.63, 3.8) is 0 Å². The van der Waals surface area contributed by atoms with Crippen LogP contribution in [0.25, 0.3) is 22.5 Å². The number of hydrogen-bond donors (Lipinski definition) is 0. The Morgan fingerprint density at radius 2 is 1.75 bits per heavy atom. The first-order valence-corrected chi connectivity index (χ1v) is 12.2. The maximum atomic E-state index is 12.6. The number of alkyl halides is 1. The molecule has 0 atom stereocenters. The molecule has 0 radical (unpaired) electrons. The van der Waals surface area contributed by atoms with Gasteiger partial charge in [0.15, 0.2) is 0 Å². The van der Waals surface area contributed by atoms with Crippen LogP contribution in [0.2, 0.25) is 5.02 Å². The number of sulfonamides is 1. The summed E-state index contributed by atoms with van der Waals surface area (Å²) in [4.78, 5) is 15.6. The van der Waals surface area contributed by atoms with Crippen molar-refractivity contribution in [3.05, 3.63) is 59.5 Å². The Morgan fingerprint density at radius 1 is 1.03 bits per heavy atom. The standard InChI is InChI=1S/C22H23ClFN5O2S/c1-16-2-4-17(5-3-16)21-22(18-6-8-25-14-19(18)23)27-20(15-26-21)28-9-11-29(12-10-28)32(30,31)13-7-24/h2-6,8,14-15H,7,9-13H2,1H3. The monoisotopic (exact) mass is 475 g/mol. The molecule has 0 spiro atoms. The predicted octanol–water partition coefficient (Wildman–Crippen LogP) is 3.59. The molecule has 4 rings (SSSR count). The van der Waals surface area contributed by atoms with Gasteiger partial charge in [-0.1, -0.05) is 41.4 Å². The molecule has 2 aromatic heterocycles. The summed E-state index contributed by atoms with van der Waals surface area (Å²) in [6.07, 6.45) is 4.92. The molecule has 0 unspecified atom stereocenters. The van der Waals surface area contributed by atoms with E-state index >= 15 is 0 Å². The molecule has 10 heteroatoms. The van der Waals surface area contributed by atoms with Crippen LogP contribution in [-0.4, -0.2) is 66.3 Å². The molecule has 1 fully saturated rings. The molecule has 1 aliphatic rings. The summed E-state index contributed by atoms with van der Waals surface area (Å²) in [7, 11) is -3.57. The Bertz CT molecular complexity index is 1200. The molecule has 0 N–H and O–H groups in total. The van der Waals surface area contributed by atoms with E-state index in [0.717, 1.165) is 16.7 Å². The Balaban J connectivity index is 1.68. The lowest BCUT2D eigenvalue weighted by atomic mass is 10.0. The second kappa shape index (κ2) is 9.48. The molecule has 3 aromatic rings. The minimum Gasteiger partial charge on any atom is -0.353 e. The number of halogens is 2. The normalized spacial score (nSPS) is 15.2. The molecule has 1 saturated heterocycles. The first-order chi connectivity index (χ1) is 15.4. The van der Waals surface area contributed by atoms with Gasteiger partial charge in [-0.3, -0.25) is 9.97 Å². The van der Waals surface area contributed by atoms with Gasteiger partial charge in [0.2, 0.25) is 10.0 Å². The third kappa shape index (κ3) is 4.74. The lowest BCUT2D eigenvalue weighted by Crippen LogP contribution is -2.49. The van der Waals surface area contributed by atoms with E-state index in [1.54, 1.807) is 24.7 Å². The van der Waals surface area contributed by atoms with E-state index in [4.69, 9.17) is 21.6 Å². The van der Waals surface area contributed by atoms with Crippen molar-refractivity contribution < 1.29 is 12.8 Å². The van der Waals surface area contributed by atoms with Crippen LogP contribution in [0.1, 0.15) is 5.56 Å². The van der Waals surface area contributed by atoms with Crippen LogP contribution in [0, 0.1) is 6.92 Å². The minimum absolute atomic E-state index is 0.273. The van der Waals surface area contributed by atoms with E-state index in [1.807, 2.05) is 36.1 Å². The van der Waals surface area contributed by atoms with Crippen LogP contribution >= 0.6 is 11.6 Å². The Kier molecular flexibility index (Phi) is 6.68. The van der Waals surface area contributed by atoms with E-state index in [9.17, 15) is 12.8 Å². The highest BCUT2D eigenvalue weighted by Gasteiger charge is 2.28. The fourth-order valence-corrected chi connectivity index (χ4v) is 5.01. The van der Waals surface area contributed by atoms with Crippen LogP contribution in [0.4, 0.5) is 10.2 Å². The molecule has 3 heterocycles. The predicted molar refractivity (Wildman–Crippen MR) is 124 cm³/mol. The van der Waals surface area contributed by atoms with Crippen LogP contribution in [-0.2, 0) is 10.0 Å². The summed E-state index contributed by atoms with van der Waals surface area (Å²) in [5.74, 6) is 0.147. The molecule has 0 bridgehead atoms. The second-order valence-electron chi connectivity index (χ2n) is 7.54. The maximum Gasteiger partial charge on any atom is 0.216 e. The number of piperazine rings is 1. The number of anilines is 1. The number of hydrogen-bond acceptors (Lipinski definition) is 6. The zero-order valence-electron chi connectivity index (χ0n) is 17.6. The van der Waals surface area contributed by atoms with Crippen molar-refractivity contribution >= 4 is 27.4 Å². The Morgan fingerprint density at radius 3 is 2.41 bits per heavy atom. The van der Waals surface area contributed by atoms with Crippen molar-refractivity contribution in [2.75, 3.05) is 43.5 Å². The molecular weight excluding hydrogens is 453 g/mol. The van der Waals surface area contributed by atoms with Crippen molar-refractivity contribution in [2.45, 2.75) is 6.92 Å². The van der Waals surface area contributed by atoms with Gasteiger partial charge in [0.05, 0.1) is 22.7 Å². The van der Waals surface area contributed by atoms with Crippen molar-refractivity contribution in [2.24, 2.45) is 0 Å². The number of nitrogens with zero attached hydrogens (tertiary/aromatic N) is 5. The van der Waals surface area contributed by atoms with Gasteiger partial charge in [-0.2, -0.15) is 4.31 Å². The van der Waals surface area contributed by atoms with Gasteiger partial charge < -0.3 is 4.90 Å². The van der Waals surface area contributed by atoms with E-state index in [0.29, 0.717) is 35.3 Å². The third-order valence-electron chi connectivity index (χ3n) is 5.40. The van der Waals surface area contributed by atoms with Crippen molar-refractivity contribution in [1.82, 2.24) is 19.3 Å². The van der Waals surface area contributed by atoms with Gasteiger partial charge in [0.25, 0.3) is 0 Å². The summed E-state index contributed by atoms with van der Waals surface area (Å²) < 4.78 is 38.2. The van der Waals surface area contributed by atoms with E-state index in [2.05, 4.69) is 4.98 Å². The smallest absolute Gasteiger partial charge is 0.216 e. The summed E-state index contributed by atoms with van der Waals surface area (Å²) in [6.45, 7) is 2.56. The lowest BCUT2D eigenvalue weighted by molar-refractivity contribution is 0.379. The average molecular weight is 476 g/mol. The largest absolute Gasteiger partial charge is 0.353 e. The molecule has 168 valence electrons. The number of rotatable bonds is 6. The zero-order valence-corrected chi connectivity index (χ0v) is 19.2. The van der Waals surface area contributed by atoms with Gasteiger partial charge in [0.1, 0.15) is 18.2 Å². The number of aryl methyl sites for hydroxylation is 1. The van der Waals surface area contributed by atoms with E-state index in [-0.39, 0.29) is 13.1 Å². The highest BCUT2D eigenvalue weighted by molar-refractivity contribution is 7.89. The van der Waals surface area contributed by atoms with Gasteiger partial charge in [-0.15, -0.1) is 0 Å². The lowest BCUT2D eigenvalue weighted by Gasteiger charge is -2.34. The van der Waals surface area contributed by atoms with Gasteiger partial charge >= 0.3 is 0 Å². The molecular formula is C22H23ClFN5O2S. The summed E-state index contributed by atoms with van der Waals surface area (Å²) in [6, 6.07) is 9.81. The highest BCUT2D eigenvalue weighted by Crippen LogP contribution is 2.34. The minimum atomic E-state index is -3.57. The van der Waals surface area contributed by atoms with Crippen LogP contribution in [0.5, 0.6) is 0 Å². The van der Waals surface area contributed by atoms with Crippen molar-refractivity contribution in [3.8, 4) is 22.5 Å². The summed E-state index contributed by atoms with van der Waals surface area (Å²) in [5, 5.41) is 0.467. The first-order valence-electron chi connectivity index (χ1n) is 10.2. The second-order valence-corrected chi connectivity index (χ2v) is 10.0. The van der Waals surface area contributed by atoms with Crippen LogP contribution < -0.4 is 4.90 Å². The number of benzene rings is 1. The molecule has 0 amide bonds. The fourth-order valence-electron chi connectivity index (χ4n) is 3.63. The van der Waals surface area contributed by atoms with Gasteiger partial charge in [-0.05, 0) is 13.0 Å². The average Bonchev–Trinajstić information content (AvgIpc) is 2.80. The SMILES string of the molecule is Cc1ccc(-c2ncc(N3CCN(S(=O)(=O)CCF)CC3)nc2-c2ccncc2Cl)cc1. The Hall–Kier alpha value is -2.62. The molecule has 32 heavy (non-hydrogen) atoms. The molecule has 7 nitrogen and oxygen atoms in total. The van der Waals surface area contributed by atoms with E-state index in [1.165, 1.54) is 4.31 Å². The van der Waals surface area contributed by atoms with Crippen LogP contribution in [0.3, 0.4) is 0 Å². The summed E-state index contributed by atoms with van der Waals surface area (Å²) in [5.41, 5.74) is 4.11. The molecule has 1 aliphatic heterocycles. The maximum absolute atomic E-state index is 12.6. The number of aromatic nitrogens is 3. The van der Waals surface area contributed by atoms with Crippen molar-refractivity contribution in [1.29, 1.82) is 0 Å². The van der Waals surface area contributed by atoms with Gasteiger partial charge in [0, 0.05) is 49.7 Å². The third-order valence-corrected chi connectivity index (χ3v) is 7.53. The Labute approximate surface area is 192 Å². The topological polar surface area (TPSA) is 79.3 Å². The fraction of sp³-hybridized carbons (Fsp3) is 0.318. The molecule has 0 saturated carbocycles. The quantitative estimate of drug-likeness (QED) is 0.542. The summed E-state index contributed by atoms with van der Waals surface area (Å²) >= 11 is 6.43.